The van der Waals surface area contributed by atoms with Crippen molar-refractivity contribution < 1.29 is 4.74 Å². The van der Waals surface area contributed by atoms with Crippen molar-refractivity contribution in [1.82, 2.24) is 4.57 Å². The van der Waals surface area contributed by atoms with Gasteiger partial charge in [-0.05, 0) is 70.0 Å². The average Bonchev–Trinajstić information content (AvgIpc) is 3.39. The second kappa shape index (κ2) is 7.72. The molecule has 0 aliphatic carbocycles. The Hall–Kier alpha value is -5.73. The molecule has 0 radical (unpaired) electrons. The van der Waals surface area contributed by atoms with E-state index >= 15 is 0 Å². The van der Waals surface area contributed by atoms with Crippen LogP contribution in [0.2, 0.25) is 0 Å². The number of anilines is 3. The summed E-state index contributed by atoms with van der Waals surface area (Å²) >= 11 is 0. The van der Waals surface area contributed by atoms with Gasteiger partial charge >= 0.3 is 0 Å². The molecular weight excluding hydrogens is 513 g/mol. The number of hydrogen-bond donors (Lipinski definition) is 0. The van der Waals surface area contributed by atoms with Crippen molar-refractivity contribution in [1.29, 1.82) is 0 Å². The van der Waals surface area contributed by atoms with Crippen molar-refractivity contribution >= 4 is 67.7 Å². The normalized spacial score (nSPS) is 13.3. The van der Waals surface area contributed by atoms with E-state index in [2.05, 4.69) is 105 Å². The molecular formula is C37H20BN3O. The third-order valence-electron chi connectivity index (χ3n) is 9.14. The highest BCUT2D eigenvalue weighted by atomic mass is 16.5. The van der Waals surface area contributed by atoms with Gasteiger partial charge < -0.3 is 14.2 Å². The molecule has 7 aromatic rings. The van der Waals surface area contributed by atoms with Crippen LogP contribution in [0.4, 0.5) is 22.7 Å². The van der Waals surface area contributed by atoms with Crippen molar-refractivity contribution in [2.75, 3.05) is 4.90 Å². The predicted octanol–water partition coefficient (Wildman–Crippen LogP) is 7.72. The summed E-state index contributed by atoms with van der Waals surface area (Å²) in [6.07, 6.45) is 0. The minimum absolute atomic E-state index is 0.0548. The first-order valence-corrected chi connectivity index (χ1v) is 14.2. The van der Waals surface area contributed by atoms with Crippen LogP contribution in [0.3, 0.4) is 0 Å². The molecule has 0 unspecified atom stereocenters. The van der Waals surface area contributed by atoms with Crippen LogP contribution in [0, 0.1) is 6.57 Å². The molecule has 0 atom stereocenters. The Morgan fingerprint density at radius 2 is 1.38 bits per heavy atom. The summed E-state index contributed by atoms with van der Waals surface area (Å²) < 4.78 is 9.01. The molecule has 4 nitrogen and oxygen atoms in total. The van der Waals surface area contributed by atoms with Gasteiger partial charge in [-0.2, -0.15) is 0 Å². The maximum absolute atomic E-state index is 7.65. The molecule has 0 amide bonds. The smallest absolute Gasteiger partial charge is 0.252 e. The summed E-state index contributed by atoms with van der Waals surface area (Å²) in [5.41, 5.74) is 13.6. The molecule has 192 valence electrons. The molecule has 42 heavy (non-hydrogen) atoms. The van der Waals surface area contributed by atoms with Gasteiger partial charge in [0.1, 0.15) is 0 Å². The number of rotatable bonds is 1. The highest BCUT2D eigenvalue weighted by Gasteiger charge is 2.44. The van der Waals surface area contributed by atoms with E-state index in [9.17, 15) is 0 Å². The Bertz CT molecular complexity index is 2380. The second-order valence-corrected chi connectivity index (χ2v) is 11.2. The maximum Gasteiger partial charge on any atom is 0.252 e. The zero-order chi connectivity index (χ0) is 27.5. The molecule has 10 rings (SSSR count). The molecule has 5 heteroatoms. The maximum atomic E-state index is 7.65. The number of benzene rings is 6. The van der Waals surface area contributed by atoms with E-state index in [1.807, 2.05) is 30.3 Å². The van der Waals surface area contributed by atoms with Crippen LogP contribution in [0.1, 0.15) is 0 Å². The quantitative estimate of drug-likeness (QED) is 0.159. The van der Waals surface area contributed by atoms with Gasteiger partial charge in [0.05, 0.1) is 23.5 Å². The number of ether oxygens (including phenoxy) is 1. The summed E-state index contributed by atoms with van der Waals surface area (Å²) in [5, 5.41) is 2.52. The lowest BCUT2D eigenvalue weighted by atomic mass is 9.33. The Balaban J connectivity index is 1.42. The second-order valence-electron chi connectivity index (χ2n) is 11.2. The Labute approximate surface area is 242 Å². The third kappa shape index (κ3) is 2.62. The average molecular weight is 533 g/mol. The fourth-order valence-electron chi connectivity index (χ4n) is 7.53. The van der Waals surface area contributed by atoms with Gasteiger partial charge in [-0.1, -0.05) is 78.9 Å². The van der Waals surface area contributed by atoms with Gasteiger partial charge in [0.2, 0.25) is 0 Å². The minimum Gasteiger partial charge on any atom is -0.453 e. The van der Waals surface area contributed by atoms with Crippen LogP contribution in [0.15, 0.2) is 121 Å². The van der Waals surface area contributed by atoms with Crippen molar-refractivity contribution in [3.8, 4) is 28.3 Å². The number of hydrogen-bond acceptors (Lipinski definition) is 2. The van der Waals surface area contributed by atoms with Crippen LogP contribution >= 0.6 is 0 Å². The van der Waals surface area contributed by atoms with E-state index in [4.69, 9.17) is 11.3 Å². The highest BCUT2D eigenvalue weighted by molar-refractivity contribution is 7.00. The standard InChI is InChI=1S/C37H20BN3O/c1-39-24-10-6-9-22(19-24)23-20-31-35-32(21-23)41-30-16-4-5-17-33(30)42-34-18-8-14-28(37(34)41)38(35)27-13-7-12-26-25-11-2-3-15-29(25)40(31)36(26)27/h2-21H. The fourth-order valence-corrected chi connectivity index (χ4v) is 7.53. The van der Waals surface area contributed by atoms with E-state index in [1.165, 1.54) is 43.9 Å². The fraction of sp³-hybridized carbons (Fsp3) is 0. The summed E-state index contributed by atoms with van der Waals surface area (Å²) in [4.78, 5) is 6.13. The Morgan fingerprint density at radius 1 is 0.619 bits per heavy atom. The molecule has 6 aromatic carbocycles. The molecule has 3 aliphatic heterocycles. The first-order valence-electron chi connectivity index (χ1n) is 14.2. The summed E-state index contributed by atoms with van der Waals surface area (Å²) in [6.45, 7) is 7.70. The van der Waals surface area contributed by atoms with Gasteiger partial charge in [0.25, 0.3) is 6.71 Å². The highest BCUT2D eigenvalue weighted by Crippen LogP contribution is 2.52. The number of para-hydroxylation sites is 5. The number of aromatic nitrogens is 1. The molecule has 0 spiro atoms. The zero-order valence-electron chi connectivity index (χ0n) is 22.4. The van der Waals surface area contributed by atoms with Crippen LogP contribution < -0.4 is 26.0 Å². The molecule has 0 saturated carbocycles. The lowest BCUT2D eigenvalue weighted by Crippen LogP contribution is -2.60. The zero-order valence-corrected chi connectivity index (χ0v) is 22.4. The van der Waals surface area contributed by atoms with Gasteiger partial charge in [-0.15, -0.1) is 0 Å². The van der Waals surface area contributed by atoms with Crippen molar-refractivity contribution in [2.24, 2.45) is 0 Å². The monoisotopic (exact) mass is 533 g/mol. The summed E-state index contributed by atoms with van der Waals surface area (Å²) in [5.74, 6) is 1.72. The SMILES string of the molecule is [C-]#[N+]c1cccc(-c2cc3c4c(c2)-n2c5ccccc5c5cccc(c52)B4c2cccc4c2N3c2ccccc2O4)c1. The van der Waals surface area contributed by atoms with E-state index in [1.54, 1.807) is 0 Å². The number of nitrogens with zero attached hydrogens (tertiary/aromatic N) is 3. The van der Waals surface area contributed by atoms with Crippen LogP contribution in [0.5, 0.6) is 11.5 Å². The molecule has 0 N–H and O–H groups in total. The molecule has 1 aromatic heterocycles. The Kier molecular flexibility index (Phi) is 4.05. The van der Waals surface area contributed by atoms with Gasteiger partial charge in [0, 0.05) is 27.7 Å². The molecule has 0 saturated heterocycles. The lowest BCUT2D eigenvalue weighted by molar-refractivity contribution is 0.477. The molecule has 3 aliphatic rings. The molecule has 0 fully saturated rings. The van der Waals surface area contributed by atoms with Crippen LogP contribution in [-0.4, -0.2) is 11.3 Å². The third-order valence-corrected chi connectivity index (χ3v) is 9.14. The minimum atomic E-state index is 0.0548. The Morgan fingerprint density at radius 3 is 2.33 bits per heavy atom. The van der Waals surface area contributed by atoms with E-state index < -0.39 is 0 Å². The lowest BCUT2D eigenvalue weighted by Gasteiger charge is -2.43. The predicted molar refractivity (Wildman–Crippen MR) is 172 cm³/mol. The van der Waals surface area contributed by atoms with Gasteiger partial charge in [-0.25, -0.2) is 4.85 Å². The first kappa shape index (κ1) is 22.0. The van der Waals surface area contributed by atoms with Crippen molar-refractivity contribution in [3.05, 3.63) is 133 Å². The largest absolute Gasteiger partial charge is 0.453 e. The topological polar surface area (TPSA) is 21.8 Å². The summed E-state index contributed by atoms with van der Waals surface area (Å²) in [6, 6.07) is 42.9. The van der Waals surface area contributed by atoms with E-state index in [-0.39, 0.29) is 6.71 Å². The summed E-state index contributed by atoms with van der Waals surface area (Å²) in [7, 11) is 0. The van der Waals surface area contributed by atoms with E-state index in [0.717, 1.165) is 39.7 Å². The first-order chi connectivity index (χ1) is 20.8. The molecule has 0 bridgehead atoms. The van der Waals surface area contributed by atoms with E-state index in [0.29, 0.717) is 5.69 Å². The van der Waals surface area contributed by atoms with Crippen molar-refractivity contribution in [3.63, 3.8) is 0 Å². The van der Waals surface area contributed by atoms with Gasteiger partial charge in [0.15, 0.2) is 17.2 Å². The molecule has 4 heterocycles. The van der Waals surface area contributed by atoms with Crippen LogP contribution in [0.25, 0.3) is 43.5 Å². The number of fused-ring (bicyclic) bond motifs is 9. The van der Waals surface area contributed by atoms with Crippen molar-refractivity contribution in [2.45, 2.75) is 0 Å². The van der Waals surface area contributed by atoms with Crippen LogP contribution in [-0.2, 0) is 0 Å². The van der Waals surface area contributed by atoms with Gasteiger partial charge in [-0.3, -0.25) is 0 Å².